The van der Waals surface area contributed by atoms with Gasteiger partial charge in [-0.3, -0.25) is 4.99 Å². The van der Waals surface area contributed by atoms with Gasteiger partial charge in [-0.2, -0.15) is 0 Å². The number of nitrogens with one attached hydrogen (secondary N) is 2. The van der Waals surface area contributed by atoms with E-state index in [1.165, 1.54) is 32.1 Å². The van der Waals surface area contributed by atoms with Gasteiger partial charge in [0.05, 0.1) is 17.6 Å². The van der Waals surface area contributed by atoms with Crippen molar-refractivity contribution in [1.29, 1.82) is 0 Å². The number of aliphatic imine (C=N–C) groups is 1. The molecule has 1 unspecified atom stereocenters. The third-order valence-electron chi connectivity index (χ3n) is 4.63. The van der Waals surface area contributed by atoms with Gasteiger partial charge >= 0.3 is 0 Å². The van der Waals surface area contributed by atoms with E-state index in [0.717, 1.165) is 32.0 Å². The van der Waals surface area contributed by atoms with Crippen LogP contribution in [-0.4, -0.2) is 58.7 Å². The minimum atomic E-state index is -2.80. The molecule has 1 aliphatic carbocycles. The Morgan fingerprint density at radius 2 is 1.92 bits per heavy atom. The van der Waals surface area contributed by atoms with Crippen LogP contribution in [0.4, 0.5) is 0 Å². The molecule has 0 aromatic carbocycles. The smallest absolute Gasteiger partial charge is 0.190 e. The number of guanidine groups is 1. The monoisotopic (exact) mass is 473 g/mol. The van der Waals surface area contributed by atoms with E-state index < -0.39 is 9.84 Å². The lowest BCUT2D eigenvalue weighted by Gasteiger charge is -2.22. The zero-order valence-corrected chi connectivity index (χ0v) is 17.8. The topological polar surface area (TPSA) is 79.8 Å². The van der Waals surface area contributed by atoms with Crippen LogP contribution in [0, 0.1) is 5.92 Å². The average Bonchev–Trinajstić information content (AvgIpc) is 2.90. The number of hydrogen-bond donors (Lipinski definition) is 2. The SMILES string of the molecule is CN=C(NCCCOC1CCCCC1)NCC1CCS(=O)(=O)C1.I. The van der Waals surface area contributed by atoms with Crippen LogP contribution in [0.25, 0.3) is 0 Å². The number of nitrogens with zero attached hydrogens (tertiary/aromatic N) is 1. The first-order valence-corrected chi connectivity index (χ1v) is 10.7. The Morgan fingerprint density at radius 3 is 2.54 bits per heavy atom. The number of sulfone groups is 1. The molecule has 24 heavy (non-hydrogen) atoms. The van der Waals surface area contributed by atoms with Gasteiger partial charge < -0.3 is 15.4 Å². The highest BCUT2D eigenvalue weighted by Crippen LogP contribution is 2.20. The number of halogens is 1. The van der Waals surface area contributed by atoms with Crippen molar-refractivity contribution in [2.45, 2.75) is 51.0 Å². The molecule has 2 rings (SSSR count). The maximum Gasteiger partial charge on any atom is 0.190 e. The van der Waals surface area contributed by atoms with E-state index >= 15 is 0 Å². The minimum Gasteiger partial charge on any atom is -0.378 e. The predicted octanol–water partition coefficient (Wildman–Crippen LogP) is 1.94. The van der Waals surface area contributed by atoms with E-state index in [0.29, 0.717) is 24.2 Å². The molecule has 2 aliphatic rings. The molecule has 8 heteroatoms. The highest BCUT2D eigenvalue weighted by atomic mass is 127. The first kappa shape index (κ1) is 22.0. The summed E-state index contributed by atoms with van der Waals surface area (Å²) in [6.07, 6.45) is 8.54. The summed E-state index contributed by atoms with van der Waals surface area (Å²) in [6.45, 7) is 2.27. The fourth-order valence-corrected chi connectivity index (χ4v) is 5.12. The van der Waals surface area contributed by atoms with Crippen LogP contribution in [0.1, 0.15) is 44.9 Å². The largest absolute Gasteiger partial charge is 0.378 e. The van der Waals surface area contributed by atoms with Crippen molar-refractivity contribution >= 4 is 39.8 Å². The van der Waals surface area contributed by atoms with E-state index in [4.69, 9.17) is 4.74 Å². The molecule has 6 nitrogen and oxygen atoms in total. The molecule has 2 fully saturated rings. The number of hydrogen-bond acceptors (Lipinski definition) is 4. The van der Waals surface area contributed by atoms with E-state index in [1.54, 1.807) is 7.05 Å². The van der Waals surface area contributed by atoms with Gasteiger partial charge in [0.1, 0.15) is 0 Å². The van der Waals surface area contributed by atoms with Crippen LogP contribution in [-0.2, 0) is 14.6 Å². The lowest BCUT2D eigenvalue weighted by molar-refractivity contribution is 0.0277. The van der Waals surface area contributed by atoms with Crippen LogP contribution in [0.3, 0.4) is 0 Å². The van der Waals surface area contributed by atoms with Crippen molar-refractivity contribution in [2.75, 3.05) is 38.2 Å². The Morgan fingerprint density at radius 1 is 1.17 bits per heavy atom. The Labute approximate surface area is 163 Å². The Kier molecular flexibility index (Phi) is 10.5. The fourth-order valence-electron chi connectivity index (χ4n) is 3.26. The molecular formula is C16H32IN3O3S. The van der Waals surface area contributed by atoms with E-state index in [2.05, 4.69) is 15.6 Å². The quantitative estimate of drug-likeness (QED) is 0.256. The summed E-state index contributed by atoms with van der Waals surface area (Å²) >= 11 is 0. The zero-order valence-electron chi connectivity index (χ0n) is 14.6. The number of ether oxygens (including phenoxy) is 1. The summed E-state index contributed by atoms with van der Waals surface area (Å²) in [5.41, 5.74) is 0. The Balaban J connectivity index is 0.00000288. The molecule has 0 bridgehead atoms. The molecule has 0 aromatic heterocycles. The summed E-state index contributed by atoms with van der Waals surface area (Å²) in [5.74, 6) is 1.57. The highest BCUT2D eigenvalue weighted by molar-refractivity contribution is 14.0. The van der Waals surface area contributed by atoms with Crippen LogP contribution in [0.2, 0.25) is 0 Å². The predicted molar refractivity (Wildman–Crippen MR) is 109 cm³/mol. The average molecular weight is 473 g/mol. The first-order valence-electron chi connectivity index (χ1n) is 8.85. The van der Waals surface area contributed by atoms with Crippen LogP contribution in [0.5, 0.6) is 0 Å². The third kappa shape index (κ3) is 8.33. The third-order valence-corrected chi connectivity index (χ3v) is 6.46. The molecule has 0 radical (unpaired) electrons. The van der Waals surface area contributed by atoms with Crippen molar-refractivity contribution < 1.29 is 13.2 Å². The van der Waals surface area contributed by atoms with Crippen molar-refractivity contribution in [3.05, 3.63) is 0 Å². The molecule has 0 amide bonds. The van der Waals surface area contributed by atoms with Gasteiger partial charge in [0.25, 0.3) is 0 Å². The van der Waals surface area contributed by atoms with Crippen molar-refractivity contribution in [2.24, 2.45) is 10.9 Å². The summed E-state index contributed by atoms with van der Waals surface area (Å²) in [7, 11) is -1.07. The van der Waals surface area contributed by atoms with Crippen LogP contribution >= 0.6 is 24.0 Å². The van der Waals surface area contributed by atoms with Gasteiger partial charge in [-0.25, -0.2) is 8.42 Å². The lowest BCUT2D eigenvalue weighted by atomic mass is 9.98. The minimum absolute atomic E-state index is 0. The molecule has 1 atom stereocenters. The van der Waals surface area contributed by atoms with E-state index in [1.807, 2.05) is 0 Å². The zero-order chi connectivity index (χ0) is 16.5. The van der Waals surface area contributed by atoms with Gasteiger partial charge in [-0.15, -0.1) is 24.0 Å². The molecule has 1 saturated heterocycles. The summed E-state index contributed by atoms with van der Waals surface area (Å²) in [5, 5.41) is 6.48. The normalized spacial score (nSPS) is 24.4. The second-order valence-corrected chi connectivity index (χ2v) is 8.86. The summed E-state index contributed by atoms with van der Waals surface area (Å²) in [4.78, 5) is 4.18. The van der Waals surface area contributed by atoms with Crippen LogP contribution in [0.15, 0.2) is 4.99 Å². The van der Waals surface area contributed by atoms with Crippen molar-refractivity contribution in [1.82, 2.24) is 10.6 Å². The maximum atomic E-state index is 11.4. The van der Waals surface area contributed by atoms with Gasteiger partial charge in [0, 0.05) is 26.7 Å². The molecule has 0 spiro atoms. The molecule has 0 aromatic rings. The molecule has 142 valence electrons. The lowest BCUT2D eigenvalue weighted by Crippen LogP contribution is -2.40. The number of rotatable bonds is 7. The summed E-state index contributed by atoms with van der Waals surface area (Å²) < 4.78 is 28.8. The van der Waals surface area contributed by atoms with E-state index in [-0.39, 0.29) is 29.9 Å². The van der Waals surface area contributed by atoms with Crippen LogP contribution < -0.4 is 10.6 Å². The molecular weight excluding hydrogens is 441 g/mol. The Bertz CT molecular complexity index is 479. The van der Waals surface area contributed by atoms with Gasteiger partial charge in [0.2, 0.25) is 0 Å². The fraction of sp³-hybridized carbons (Fsp3) is 0.938. The molecule has 1 heterocycles. The molecule has 1 aliphatic heterocycles. The maximum absolute atomic E-state index is 11.4. The van der Waals surface area contributed by atoms with Gasteiger partial charge in [-0.1, -0.05) is 19.3 Å². The van der Waals surface area contributed by atoms with E-state index in [9.17, 15) is 8.42 Å². The first-order chi connectivity index (χ1) is 11.1. The van der Waals surface area contributed by atoms with Gasteiger partial charge in [0.15, 0.2) is 15.8 Å². The van der Waals surface area contributed by atoms with Crippen molar-refractivity contribution in [3.63, 3.8) is 0 Å². The van der Waals surface area contributed by atoms with Crippen molar-refractivity contribution in [3.8, 4) is 0 Å². The summed E-state index contributed by atoms with van der Waals surface area (Å²) in [6, 6.07) is 0. The molecule has 2 N–H and O–H groups in total. The Hall–Kier alpha value is -0.0900. The molecule has 1 saturated carbocycles. The van der Waals surface area contributed by atoms with Gasteiger partial charge in [-0.05, 0) is 31.6 Å². The highest BCUT2D eigenvalue weighted by Gasteiger charge is 2.27. The second-order valence-electron chi connectivity index (χ2n) is 6.63. The second kappa shape index (κ2) is 11.5. The standard InChI is InChI=1S/C16H31N3O3S.HI/c1-17-16(19-12-14-8-11-23(20,21)13-14)18-9-5-10-22-15-6-3-2-4-7-15;/h14-15H,2-13H2,1H3,(H2,17,18,19);1H.